The first-order chi connectivity index (χ1) is 7.74. The van der Waals surface area contributed by atoms with Crippen LogP contribution in [-0.4, -0.2) is 16.0 Å². The summed E-state index contributed by atoms with van der Waals surface area (Å²) < 4.78 is 0.597. The summed E-state index contributed by atoms with van der Waals surface area (Å²) in [7, 11) is 0. The molecule has 6 heteroatoms. The van der Waals surface area contributed by atoms with Crippen molar-refractivity contribution in [2.24, 2.45) is 0 Å². The molecule has 16 heavy (non-hydrogen) atoms. The third-order valence-electron chi connectivity index (χ3n) is 1.73. The minimum atomic E-state index is -0.596. The number of nitrogens with zero attached hydrogens (tertiary/aromatic N) is 2. The zero-order valence-electron chi connectivity index (χ0n) is 8.13. The molecule has 0 spiro atoms. The van der Waals surface area contributed by atoms with Crippen molar-refractivity contribution in [3.63, 3.8) is 0 Å². The highest BCUT2D eigenvalue weighted by atomic mass is 79.9. The first kappa shape index (κ1) is 10.7. The maximum Gasteiger partial charge on any atom is 0.437 e. The van der Waals surface area contributed by atoms with Crippen LogP contribution in [0.3, 0.4) is 0 Å². The van der Waals surface area contributed by atoms with E-state index in [0.717, 1.165) is 4.85 Å². The van der Waals surface area contributed by atoms with Crippen LogP contribution in [0.15, 0.2) is 47.2 Å². The van der Waals surface area contributed by atoms with E-state index in [1.54, 1.807) is 18.2 Å². The van der Waals surface area contributed by atoms with Crippen LogP contribution in [-0.2, 0) is 0 Å². The van der Waals surface area contributed by atoms with E-state index in [4.69, 9.17) is 4.84 Å². The average Bonchev–Trinajstić information content (AvgIpc) is 2.65. The SMILES string of the molecule is O=C(Nc1ccccc1)On1ccc(Br)n1. The van der Waals surface area contributed by atoms with E-state index < -0.39 is 6.09 Å². The molecule has 2 rings (SSSR count). The summed E-state index contributed by atoms with van der Waals surface area (Å²) in [6.07, 6.45) is 0.927. The molecule has 0 aliphatic heterocycles. The van der Waals surface area contributed by atoms with Gasteiger partial charge in [-0.2, -0.15) is 0 Å². The zero-order chi connectivity index (χ0) is 11.4. The first-order valence-electron chi connectivity index (χ1n) is 4.49. The summed E-state index contributed by atoms with van der Waals surface area (Å²) >= 11 is 3.15. The van der Waals surface area contributed by atoms with Gasteiger partial charge in [-0.15, -0.1) is 5.10 Å². The van der Waals surface area contributed by atoms with Gasteiger partial charge >= 0.3 is 6.09 Å². The van der Waals surface area contributed by atoms with Crippen LogP contribution in [0.4, 0.5) is 10.5 Å². The summed E-state index contributed by atoms with van der Waals surface area (Å²) in [6.45, 7) is 0. The maximum absolute atomic E-state index is 11.4. The molecule has 2 aromatic rings. The second kappa shape index (κ2) is 4.80. The van der Waals surface area contributed by atoms with Crippen LogP contribution in [0.1, 0.15) is 0 Å². The lowest BCUT2D eigenvalue weighted by Crippen LogP contribution is -2.25. The molecule has 1 heterocycles. The van der Waals surface area contributed by atoms with Crippen molar-refractivity contribution in [3.8, 4) is 0 Å². The molecule has 0 aliphatic rings. The van der Waals surface area contributed by atoms with Gasteiger partial charge in [-0.3, -0.25) is 10.2 Å². The maximum atomic E-state index is 11.4. The Bertz CT molecular complexity index is 484. The molecule has 1 amide bonds. The molecular formula is C10H8BrN3O2. The van der Waals surface area contributed by atoms with Crippen LogP contribution in [0.5, 0.6) is 0 Å². The van der Waals surface area contributed by atoms with Crippen molar-refractivity contribution >= 4 is 27.7 Å². The quantitative estimate of drug-likeness (QED) is 0.919. The minimum Gasteiger partial charge on any atom is -0.299 e. The predicted molar refractivity (Wildman–Crippen MR) is 62.0 cm³/mol. The third kappa shape index (κ3) is 2.83. The molecule has 1 N–H and O–H groups in total. The van der Waals surface area contributed by atoms with E-state index in [-0.39, 0.29) is 0 Å². The standard InChI is InChI=1S/C10H8BrN3O2/c11-9-6-7-14(13-9)16-10(15)12-8-4-2-1-3-5-8/h1-7H,(H,12,15). The summed E-state index contributed by atoms with van der Waals surface area (Å²) in [5.74, 6) is 0. The summed E-state index contributed by atoms with van der Waals surface area (Å²) in [5.41, 5.74) is 0.665. The number of aromatic nitrogens is 2. The van der Waals surface area contributed by atoms with E-state index in [1.165, 1.54) is 6.20 Å². The molecule has 1 aromatic heterocycles. The Balaban J connectivity index is 1.95. The molecule has 0 atom stereocenters. The fourth-order valence-corrected chi connectivity index (χ4v) is 1.36. The van der Waals surface area contributed by atoms with Gasteiger partial charge in [0.2, 0.25) is 0 Å². The van der Waals surface area contributed by atoms with Crippen molar-refractivity contribution in [1.82, 2.24) is 9.94 Å². The average molecular weight is 282 g/mol. The van der Waals surface area contributed by atoms with Gasteiger partial charge in [-0.05, 0) is 34.1 Å². The molecule has 0 saturated heterocycles. The largest absolute Gasteiger partial charge is 0.437 e. The summed E-state index contributed by atoms with van der Waals surface area (Å²) in [5, 5.41) is 6.40. The Hall–Kier alpha value is -1.82. The molecule has 82 valence electrons. The molecule has 0 fully saturated rings. The van der Waals surface area contributed by atoms with Crippen LogP contribution in [0.2, 0.25) is 0 Å². The topological polar surface area (TPSA) is 56.1 Å². The van der Waals surface area contributed by atoms with Crippen LogP contribution >= 0.6 is 15.9 Å². The summed E-state index contributed by atoms with van der Waals surface area (Å²) in [4.78, 5) is 17.3. The number of carbonyl (C=O) groups is 1. The van der Waals surface area contributed by atoms with Gasteiger partial charge in [0.05, 0.1) is 6.20 Å². The number of benzene rings is 1. The monoisotopic (exact) mass is 281 g/mol. The zero-order valence-corrected chi connectivity index (χ0v) is 9.72. The number of hydrogen-bond donors (Lipinski definition) is 1. The van der Waals surface area contributed by atoms with Gasteiger partial charge in [0.15, 0.2) is 0 Å². The van der Waals surface area contributed by atoms with E-state index in [1.807, 2.05) is 18.2 Å². The Morgan fingerprint density at radius 2 is 2.06 bits per heavy atom. The molecule has 1 aromatic carbocycles. The fourth-order valence-electron chi connectivity index (χ4n) is 1.08. The lowest BCUT2D eigenvalue weighted by atomic mass is 10.3. The lowest BCUT2D eigenvalue weighted by molar-refractivity contribution is 0.129. The van der Waals surface area contributed by atoms with Crippen LogP contribution in [0.25, 0.3) is 0 Å². The van der Waals surface area contributed by atoms with Crippen LogP contribution < -0.4 is 10.2 Å². The van der Waals surface area contributed by atoms with E-state index >= 15 is 0 Å². The predicted octanol–water partition coefficient (Wildman–Crippen LogP) is 2.31. The molecule has 0 saturated carbocycles. The van der Waals surface area contributed by atoms with E-state index in [0.29, 0.717) is 10.3 Å². The second-order valence-corrected chi connectivity index (χ2v) is 3.72. The number of halogens is 1. The highest BCUT2D eigenvalue weighted by Gasteiger charge is 2.05. The third-order valence-corrected chi connectivity index (χ3v) is 2.15. The summed E-state index contributed by atoms with van der Waals surface area (Å²) in [6, 6.07) is 10.7. The number of amides is 1. The second-order valence-electron chi connectivity index (χ2n) is 2.91. The number of rotatable bonds is 2. The van der Waals surface area contributed by atoms with Gasteiger partial charge in [0.25, 0.3) is 0 Å². The van der Waals surface area contributed by atoms with Gasteiger partial charge in [-0.25, -0.2) is 4.79 Å². The molecule has 5 nitrogen and oxygen atoms in total. The van der Waals surface area contributed by atoms with Crippen molar-refractivity contribution in [3.05, 3.63) is 47.2 Å². The lowest BCUT2D eigenvalue weighted by Gasteiger charge is -2.04. The number of nitrogens with one attached hydrogen (secondary N) is 1. The highest BCUT2D eigenvalue weighted by Crippen LogP contribution is 2.05. The Morgan fingerprint density at radius 3 is 2.69 bits per heavy atom. The first-order valence-corrected chi connectivity index (χ1v) is 5.29. The number of hydrogen-bond acceptors (Lipinski definition) is 3. The van der Waals surface area contributed by atoms with Crippen LogP contribution in [0, 0.1) is 0 Å². The highest BCUT2D eigenvalue weighted by molar-refractivity contribution is 9.10. The molecular weight excluding hydrogens is 274 g/mol. The van der Waals surface area contributed by atoms with E-state index in [2.05, 4.69) is 26.3 Å². The molecule has 0 radical (unpaired) electrons. The van der Waals surface area contributed by atoms with Gasteiger partial charge in [0, 0.05) is 5.69 Å². The molecule has 0 aliphatic carbocycles. The number of para-hydroxylation sites is 1. The Labute approximate surface area is 100 Å². The fraction of sp³-hybridized carbons (Fsp3) is 0. The van der Waals surface area contributed by atoms with Gasteiger partial charge < -0.3 is 0 Å². The van der Waals surface area contributed by atoms with E-state index in [9.17, 15) is 4.79 Å². The van der Waals surface area contributed by atoms with Gasteiger partial charge in [0.1, 0.15) is 4.60 Å². The molecule has 0 bridgehead atoms. The van der Waals surface area contributed by atoms with Crippen molar-refractivity contribution in [1.29, 1.82) is 0 Å². The smallest absolute Gasteiger partial charge is 0.299 e. The molecule has 0 unspecified atom stereocenters. The minimum absolute atomic E-state index is 0.596. The Kier molecular flexibility index (Phi) is 3.21. The number of carbonyl (C=O) groups excluding carboxylic acids is 1. The Morgan fingerprint density at radius 1 is 1.31 bits per heavy atom. The number of anilines is 1. The van der Waals surface area contributed by atoms with Crippen molar-refractivity contribution in [2.75, 3.05) is 5.32 Å². The van der Waals surface area contributed by atoms with Crippen molar-refractivity contribution in [2.45, 2.75) is 0 Å². The van der Waals surface area contributed by atoms with Crippen molar-refractivity contribution < 1.29 is 9.63 Å². The van der Waals surface area contributed by atoms with Gasteiger partial charge in [-0.1, -0.05) is 23.0 Å². The normalized spacial score (nSPS) is 9.81.